The van der Waals surface area contributed by atoms with Gasteiger partial charge in [0.15, 0.2) is 5.78 Å². The molecule has 3 aromatic rings. The second-order valence-corrected chi connectivity index (χ2v) is 8.93. The maximum atomic E-state index is 13.0. The number of hydrogen-bond donors (Lipinski definition) is 3. The van der Waals surface area contributed by atoms with E-state index < -0.39 is 12.1 Å². The van der Waals surface area contributed by atoms with Crippen molar-refractivity contribution < 1.29 is 19.1 Å². The van der Waals surface area contributed by atoms with E-state index in [0.29, 0.717) is 30.6 Å². The summed E-state index contributed by atoms with van der Waals surface area (Å²) in [5.41, 5.74) is 11.1. The number of fused-ring (bicyclic) bond motifs is 3. The molecule has 7 nitrogen and oxygen atoms in total. The van der Waals surface area contributed by atoms with Gasteiger partial charge in [0.25, 0.3) is 0 Å². The molecule has 1 atom stereocenters. The number of ether oxygens (including phenoxy) is 1. The van der Waals surface area contributed by atoms with Gasteiger partial charge in [-0.3, -0.25) is 9.59 Å². The Kier molecular flexibility index (Phi) is 8.13. The molecular weight excluding hydrogens is 454 g/mol. The average Bonchev–Trinajstić information content (AvgIpc) is 3.21. The van der Waals surface area contributed by atoms with Gasteiger partial charge in [0, 0.05) is 17.2 Å². The minimum absolute atomic E-state index is 0.0676. The van der Waals surface area contributed by atoms with E-state index in [1.807, 2.05) is 24.3 Å². The van der Waals surface area contributed by atoms with Crippen molar-refractivity contribution in [3.63, 3.8) is 0 Å². The molecule has 0 saturated carbocycles. The lowest BCUT2D eigenvalue weighted by Gasteiger charge is -2.20. The Morgan fingerprint density at radius 3 is 2.22 bits per heavy atom. The van der Waals surface area contributed by atoms with E-state index in [1.165, 1.54) is 6.92 Å². The molecule has 1 aliphatic rings. The number of alkyl carbamates (subject to hydrolysis) is 1. The molecule has 2 amide bonds. The maximum absolute atomic E-state index is 13.0. The minimum atomic E-state index is -0.798. The van der Waals surface area contributed by atoms with Crippen LogP contribution in [-0.4, -0.2) is 37.0 Å². The van der Waals surface area contributed by atoms with Crippen molar-refractivity contribution in [1.29, 1.82) is 0 Å². The van der Waals surface area contributed by atoms with Crippen molar-refractivity contribution in [2.75, 3.05) is 18.5 Å². The molecule has 0 aromatic heterocycles. The third-order valence-electron chi connectivity index (χ3n) is 6.44. The Labute approximate surface area is 211 Å². The highest BCUT2D eigenvalue weighted by atomic mass is 16.5. The second-order valence-electron chi connectivity index (χ2n) is 8.93. The Morgan fingerprint density at radius 1 is 0.917 bits per heavy atom. The van der Waals surface area contributed by atoms with Gasteiger partial charge >= 0.3 is 6.09 Å². The van der Waals surface area contributed by atoms with E-state index in [1.54, 1.807) is 24.3 Å². The number of Topliss-reactive ketones (excluding diaryl/α,β-unsaturated/α-hetero) is 1. The van der Waals surface area contributed by atoms with Gasteiger partial charge in [0.1, 0.15) is 12.6 Å². The summed E-state index contributed by atoms with van der Waals surface area (Å²) in [7, 11) is 0. The number of carbonyl (C=O) groups excluding carboxylic acids is 3. The number of unbranched alkanes of at least 4 members (excludes halogenated alkanes) is 1. The molecule has 0 radical (unpaired) electrons. The van der Waals surface area contributed by atoms with Crippen molar-refractivity contribution in [2.45, 2.75) is 38.1 Å². The third kappa shape index (κ3) is 5.80. The number of rotatable bonds is 10. The maximum Gasteiger partial charge on any atom is 0.407 e. The van der Waals surface area contributed by atoms with Gasteiger partial charge in [-0.1, -0.05) is 60.7 Å². The Bertz CT molecular complexity index is 1210. The zero-order chi connectivity index (χ0) is 25.5. The normalized spacial score (nSPS) is 12.8. The zero-order valence-electron chi connectivity index (χ0n) is 20.3. The molecule has 0 fully saturated rings. The molecule has 186 valence electrons. The fourth-order valence-corrected chi connectivity index (χ4v) is 4.59. The SMILES string of the molecule is CC(=O)c1cccc(NC(=O)[C@H](CCCCN)NC(=O)OCC2c3ccccc3-c3ccccc32)c1. The molecule has 0 unspecified atom stereocenters. The molecule has 0 saturated heterocycles. The molecule has 4 N–H and O–H groups in total. The predicted octanol–water partition coefficient (Wildman–Crippen LogP) is 4.86. The Balaban J connectivity index is 1.42. The lowest BCUT2D eigenvalue weighted by Crippen LogP contribution is -2.44. The van der Waals surface area contributed by atoms with Crippen LogP contribution in [0.15, 0.2) is 72.8 Å². The summed E-state index contributed by atoms with van der Waals surface area (Å²) < 4.78 is 5.63. The summed E-state index contributed by atoms with van der Waals surface area (Å²) in [6, 6.07) is 22.1. The summed E-state index contributed by atoms with van der Waals surface area (Å²) >= 11 is 0. The summed E-state index contributed by atoms with van der Waals surface area (Å²) in [4.78, 5) is 37.5. The number of ketones is 1. The molecule has 1 aliphatic carbocycles. The van der Waals surface area contributed by atoms with Crippen LogP contribution in [0.2, 0.25) is 0 Å². The number of carbonyl (C=O) groups is 3. The van der Waals surface area contributed by atoms with Crippen LogP contribution in [0.5, 0.6) is 0 Å². The minimum Gasteiger partial charge on any atom is -0.449 e. The summed E-state index contributed by atoms with van der Waals surface area (Å²) in [6.45, 7) is 2.13. The van der Waals surface area contributed by atoms with Gasteiger partial charge in [-0.2, -0.15) is 0 Å². The number of benzene rings is 3. The van der Waals surface area contributed by atoms with Gasteiger partial charge in [0.2, 0.25) is 5.91 Å². The van der Waals surface area contributed by atoms with Crippen molar-refractivity contribution >= 4 is 23.5 Å². The molecule has 7 heteroatoms. The van der Waals surface area contributed by atoms with Crippen molar-refractivity contribution in [1.82, 2.24) is 5.32 Å². The van der Waals surface area contributed by atoms with Crippen LogP contribution in [-0.2, 0) is 9.53 Å². The van der Waals surface area contributed by atoms with Crippen LogP contribution in [0.4, 0.5) is 10.5 Å². The highest BCUT2D eigenvalue weighted by Gasteiger charge is 2.29. The van der Waals surface area contributed by atoms with E-state index in [2.05, 4.69) is 34.9 Å². The van der Waals surface area contributed by atoms with E-state index in [9.17, 15) is 14.4 Å². The quantitative estimate of drug-likeness (QED) is 0.280. The van der Waals surface area contributed by atoms with Gasteiger partial charge in [-0.25, -0.2) is 4.79 Å². The van der Waals surface area contributed by atoms with E-state index in [-0.39, 0.29) is 24.2 Å². The molecule has 0 aliphatic heterocycles. The fourth-order valence-electron chi connectivity index (χ4n) is 4.59. The lowest BCUT2D eigenvalue weighted by atomic mass is 9.98. The first-order valence-corrected chi connectivity index (χ1v) is 12.2. The Hall–Kier alpha value is -3.97. The first-order chi connectivity index (χ1) is 17.5. The highest BCUT2D eigenvalue weighted by molar-refractivity contribution is 5.99. The second kappa shape index (κ2) is 11.6. The number of anilines is 1. The fraction of sp³-hybridized carbons (Fsp3) is 0.276. The average molecular weight is 486 g/mol. The molecule has 3 aromatic carbocycles. The largest absolute Gasteiger partial charge is 0.449 e. The van der Waals surface area contributed by atoms with Gasteiger partial charge in [-0.15, -0.1) is 0 Å². The van der Waals surface area contributed by atoms with Gasteiger partial charge in [-0.05, 0) is 67.1 Å². The number of nitrogens with one attached hydrogen (secondary N) is 2. The van der Waals surface area contributed by atoms with Crippen LogP contribution in [0.3, 0.4) is 0 Å². The van der Waals surface area contributed by atoms with Crippen LogP contribution in [0.25, 0.3) is 11.1 Å². The van der Waals surface area contributed by atoms with E-state index in [0.717, 1.165) is 28.7 Å². The molecule has 0 bridgehead atoms. The molecule has 0 spiro atoms. The van der Waals surface area contributed by atoms with E-state index >= 15 is 0 Å². The first-order valence-electron chi connectivity index (χ1n) is 12.2. The van der Waals surface area contributed by atoms with Gasteiger partial charge < -0.3 is 21.1 Å². The summed E-state index contributed by atoms with van der Waals surface area (Å²) in [5, 5.41) is 5.52. The lowest BCUT2D eigenvalue weighted by molar-refractivity contribution is -0.118. The standard InChI is InChI=1S/C29H31N3O4/c1-19(33)20-9-8-10-21(17-20)31-28(34)27(15-6-7-16-30)32-29(35)36-18-26-24-13-4-2-11-22(24)23-12-3-5-14-25(23)26/h2-5,8-14,17,26-27H,6-7,15-16,18,30H2,1H3,(H,31,34)(H,32,35)/t27-/m0/s1. The van der Waals surface area contributed by atoms with Crippen LogP contribution < -0.4 is 16.4 Å². The number of hydrogen-bond acceptors (Lipinski definition) is 5. The first kappa shape index (κ1) is 25.1. The van der Waals surface area contributed by atoms with Crippen LogP contribution in [0.1, 0.15) is 53.6 Å². The third-order valence-corrected chi connectivity index (χ3v) is 6.44. The van der Waals surface area contributed by atoms with Crippen molar-refractivity contribution in [3.8, 4) is 11.1 Å². The topological polar surface area (TPSA) is 111 Å². The monoisotopic (exact) mass is 485 g/mol. The smallest absolute Gasteiger partial charge is 0.407 e. The van der Waals surface area contributed by atoms with Crippen molar-refractivity contribution in [2.24, 2.45) is 5.73 Å². The number of amides is 2. The predicted molar refractivity (Wildman–Crippen MR) is 140 cm³/mol. The van der Waals surface area contributed by atoms with Crippen molar-refractivity contribution in [3.05, 3.63) is 89.5 Å². The molecule has 4 rings (SSSR count). The molecule has 0 heterocycles. The highest BCUT2D eigenvalue weighted by Crippen LogP contribution is 2.44. The summed E-state index contributed by atoms with van der Waals surface area (Å²) in [5.74, 6) is -0.537. The van der Waals surface area contributed by atoms with Crippen LogP contribution in [0, 0.1) is 0 Å². The Morgan fingerprint density at radius 2 is 1.58 bits per heavy atom. The molecule has 36 heavy (non-hydrogen) atoms. The van der Waals surface area contributed by atoms with Crippen LogP contribution >= 0.6 is 0 Å². The van der Waals surface area contributed by atoms with Gasteiger partial charge in [0.05, 0.1) is 0 Å². The zero-order valence-corrected chi connectivity index (χ0v) is 20.3. The van der Waals surface area contributed by atoms with E-state index in [4.69, 9.17) is 10.5 Å². The molecular formula is C29H31N3O4. The number of nitrogens with two attached hydrogens (primary N) is 1. The summed E-state index contributed by atoms with van der Waals surface area (Å²) in [6.07, 6.45) is 1.17.